The number of nitrogens with two attached hydrogens (primary N) is 1. The summed E-state index contributed by atoms with van der Waals surface area (Å²) in [6.07, 6.45) is 0. The van der Waals surface area contributed by atoms with Gasteiger partial charge < -0.3 is 9.88 Å². The number of amides is 1. The Morgan fingerprint density at radius 2 is 1.69 bits per heavy atom. The van der Waals surface area contributed by atoms with Gasteiger partial charge in [0, 0.05) is 17.8 Å². The van der Waals surface area contributed by atoms with Gasteiger partial charge in [-0.25, -0.2) is 13.6 Å². The number of rotatable bonds is 7. The van der Waals surface area contributed by atoms with Gasteiger partial charge in [-0.3, -0.25) is 4.79 Å². The largest absolute Gasteiger partial charge is 0.325 e. The fourth-order valence-corrected chi connectivity index (χ4v) is 4.39. The zero-order valence-corrected chi connectivity index (χ0v) is 20.1. The summed E-state index contributed by atoms with van der Waals surface area (Å²) in [6.45, 7) is 9.19. The average Bonchev–Trinajstić information content (AvgIpc) is 3.14. The van der Waals surface area contributed by atoms with Gasteiger partial charge in [-0.2, -0.15) is 0 Å². The van der Waals surface area contributed by atoms with Crippen molar-refractivity contribution in [2.24, 2.45) is 5.14 Å². The van der Waals surface area contributed by atoms with Gasteiger partial charge in [-0.1, -0.05) is 56.8 Å². The van der Waals surface area contributed by atoms with Crippen molar-refractivity contribution in [1.82, 2.24) is 14.8 Å². The lowest BCUT2D eigenvalue weighted by Gasteiger charge is -2.19. The molecule has 0 aliphatic rings. The molecule has 1 aromatic heterocycles. The molecule has 0 aliphatic heterocycles. The lowest BCUT2D eigenvalue weighted by molar-refractivity contribution is -0.113. The quantitative estimate of drug-likeness (QED) is 0.506. The van der Waals surface area contributed by atoms with E-state index in [0.29, 0.717) is 17.4 Å². The number of thioether (sulfide) groups is 1. The van der Waals surface area contributed by atoms with E-state index >= 15 is 0 Å². The van der Waals surface area contributed by atoms with Crippen LogP contribution in [0.1, 0.15) is 33.3 Å². The summed E-state index contributed by atoms with van der Waals surface area (Å²) in [5, 5.41) is 17.1. The fraction of sp³-hybridized carbons (Fsp3) is 0.318. The van der Waals surface area contributed by atoms with Crippen LogP contribution < -0.4 is 10.5 Å². The average molecular weight is 474 g/mol. The minimum atomic E-state index is -3.77. The van der Waals surface area contributed by atoms with Crippen molar-refractivity contribution in [3.63, 3.8) is 0 Å². The Morgan fingerprint density at radius 1 is 1.06 bits per heavy atom. The molecular weight excluding hydrogens is 446 g/mol. The number of hydrogen-bond donors (Lipinski definition) is 2. The van der Waals surface area contributed by atoms with Crippen LogP contribution in [-0.4, -0.2) is 34.8 Å². The Labute approximate surface area is 192 Å². The molecule has 3 aromatic rings. The molecule has 0 bridgehead atoms. The van der Waals surface area contributed by atoms with Gasteiger partial charge in [0.1, 0.15) is 0 Å². The van der Waals surface area contributed by atoms with Crippen LogP contribution in [0.4, 0.5) is 5.69 Å². The molecule has 0 saturated carbocycles. The molecule has 1 amide bonds. The maximum atomic E-state index is 12.3. The van der Waals surface area contributed by atoms with Crippen LogP contribution in [0.5, 0.6) is 0 Å². The third-order valence-electron chi connectivity index (χ3n) is 4.84. The standard InChI is InChI=1S/C22H27N5O3S2/c1-5-27-20(15-6-8-16(9-7-15)22(2,3)4)25-26-21(27)31-14-19(28)24-17-10-12-18(13-11-17)32(23,29)30/h6-13H,5,14H2,1-4H3,(H,24,28)(H2,23,29,30). The lowest BCUT2D eigenvalue weighted by atomic mass is 9.87. The van der Waals surface area contributed by atoms with Crippen molar-refractivity contribution in [1.29, 1.82) is 0 Å². The number of carbonyl (C=O) groups excluding carboxylic acids is 1. The first-order chi connectivity index (χ1) is 15.0. The highest BCUT2D eigenvalue weighted by Crippen LogP contribution is 2.27. The summed E-state index contributed by atoms with van der Waals surface area (Å²) in [4.78, 5) is 12.3. The second-order valence-electron chi connectivity index (χ2n) is 8.28. The van der Waals surface area contributed by atoms with Crippen LogP contribution in [0.3, 0.4) is 0 Å². The number of benzene rings is 2. The molecule has 3 N–H and O–H groups in total. The molecule has 0 saturated heterocycles. The Balaban J connectivity index is 1.67. The molecule has 0 atom stereocenters. The summed E-state index contributed by atoms with van der Waals surface area (Å²) in [5.74, 6) is 0.660. The number of hydrogen-bond acceptors (Lipinski definition) is 6. The van der Waals surface area contributed by atoms with Crippen molar-refractivity contribution in [2.75, 3.05) is 11.1 Å². The van der Waals surface area contributed by atoms with Crippen LogP contribution in [0.25, 0.3) is 11.4 Å². The van der Waals surface area contributed by atoms with Gasteiger partial charge in [0.15, 0.2) is 11.0 Å². The summed E-state index contributed by atoms with van der Waals surface area (Å²) in [5.41, 5.74) is 2.77. The molecule has 10 heteroatoms. The topological polar surface area (TPSA) is 120 Å². The maximum absolute atomic E-state index is 12.3. The Kier molecular flexibility index (Phi) is 7.06. The van der Waals surface area contributed by atoms with E-state index in [4.69, 9.17) is 5.14 Å². The third-order valence-corrected chi connectivity index (χ3v) is 6.74. The second-order valence-corrected chi connectivity index (χ2v) is 10.8. The fourth-order valence-electron chi connectivity index (χ4n) is 3.07. The first-order valence-corrected chi connectivity index (χ1v) is 12.6. The van der Waals surface area contributed by atoms with E-state index < -0.39 is 10.0 Å². The van der Waals surface area contributed by atoms with E-state index in [-0.39, 0.29) is 22.0 Å². The Morgan fingerprint density at radius 3 is 2.22 bits per heavy atom. The maximum Gasteiger partial charge on any atom is 0.238 e. The molecule has 0 aliphatic carbocycles. The van der Waals surface area contributed by atoms with Gasteiger partial charge in [-0.15, -0.1) is 10.2 Å². The van der Waals surface area contributed by atoms with Crippen LogP contribution >= 0.6 is 11.8 Å². The predicted octanol–water partition coefficient (Wildman–Crippen LogP) is 3.64. The van der Waals surface area contributed by atoms with Gasteiger partial charge in [0.05, 0.1) is 10.6 Å². The third kappa shape index (κ3) is 5.76. The molecule has 8 nitrogen and oxygen atoms in total. The summed E-state index contributed by atoms with van der Waals surface area (Å²) in [7, 11) is -3.77. The molecule has 1 heterocycles. The normalized spacial score (nSPS) is 12.0. The SMILES string of the molecule is CCn1c(SCC(=O)Nc2ccc(S(N)(=O)=O)cc2)nnc1-c1ccc(C(C)(C)C)cc1. The lowest BCUT2D eigenvalue weighted by Crippen LogP contribution is -2.15. The van der Waals surface area contributed by atoms with Crippen molar-refractivity contribution in [3.05, 3.63) is 54.1 Å². The molecule has 2 aromatic carbocycles. The summed E-state index contributed by atoms with van der Waals surface area (Å²) in [6, 6.07) is 14.0. The minimum Gasteiger partial charge on any atom is -0.325 e. The van der Waals surface area contributed by atoms with E-state index in [0.717, 1.165) is 11.4 Å². The zero-order valence-electron chi connectivity index (χ0n) is 18.5. The molecular formula is C22H27N5O3S2. The number of anilines is 1. The monoisotopic (exact) mass is 473 g/mol. The van der Waals surface area contributed by atoms with E-state index in [2.05, 4.69) is 48.4 Å². The number of aromatic nitrogens is 3. The van der Waals surface area contributed by atoms with Crippen LogP contribution in [-0.2, 0) is 26.8 Å². The first-order valence-electron chi connectivity index (χ1n) is 10.1. The van der Waals surface area contributed by atoms with E-state index in [1.807, 2.05) is 23.6 Å². The van der Waals surface area contributed by atoms with Gasteiger partial charge in [0.25, 0.3) is 0 Å². The molecule has 0 unspecified atom stereocenters. The van der Waals surface area contributed by atoms with Gasteiger partial charge in [0.2, 0.25) is 15.9 Å². The highest BCUT2D eigenvalue weighted by Gasteiger charge is 2.17. The Hall–Kier alpha value is -2.69. The molecule has 3 rings (SSSR count). The van der Waals surface area contributed by atoms with Crippen molar-refractivity contribution < 1.29 is 13.2 Å². The Bertz CT molecular complexity index is 1200. The molecule has 170 valence electrons. The molecule has 0 radical (unpaired) electrons. The van der Waals surface area contributed by atoms with E-state index in [9.17, 15) is 13.2 Å². The van der Waals surface area contributed by atoms with Crippen LogP contribution in [0, 0.1) is 0 Å². The summed E-state index contributed by atoms with van der Waals surface area (Å²) < 4.78 is 24.6. The molecule has 0 spiro atoms. The smallest absolute Gasteiger partial charge is 0.238 e. The van der Waals surface area contributed by atoms with E-state index in [1.54, 1.807) is 0 Å². The zero-order chi connectivity index (χ0) is 23.5. The molecule has 0 fully saturated rings. The number of carbonyl (C=O) groups is 1. The predicted molar refractivity (Wildman–Crippen MR) is 127 cm³/mol. The minimum absolute atomic E-state index is 0.0102. The van der Waals surface area contributed by atoms with Gasteiger partial charge in [-0.05, 0) is 42.2 Å². The van der Waals surface area contributed by atoms with E-state index in [1.165, 1.54) is 41.6 Å². The second kappa shape index (κ2) is 9.43. The van der Waals surface area contributed by atoms with Crippen LogP contribution in [0.15, 0.2) is 58.6 Å². The van der Waals surface area contributed by atoms with Crippen molar-refractivity contribution in [3.8, 4) is 11.4 Å². The highest BCUT2D eigenvalue weighted by atomic mass is 32.2. The first kappa shape index (κ1) is 24.0. The van der Waals surface area contributed by atoms with Crippen molar-refractivity contribution >= 4 is 33.4 Å². The number of nitrogens with one attached hydrogen (secondary N) is 1. The summed E-state index contributed by atoms with van der Waals surface area (Å²) >= 11 is 1.29. The molecule has 32 heavy (non-hydrogen) atoms. The van der Waals surface area contributed by atoms with Gasteiger partial charge >= 0.3 is 0 Å². The van der Waals surface area contributed by atoms with Crippen molar-refractivity contribution in [2.45, 2.75) is 49.7 Å². The number of sulfonamides is 1. The number of nitrogens with zero attached hydrogens (tertiary/aromatic N) is 3. The number of primary sulfonamides is 1. The van der Waals surface area contributed by atoms with Crippen LogP contribution in [0.2, 0.25) is 0 Å². The highest BCUT2D eigenvalue weighted by molar-refractivity contribution is 7.99.